The summed E-state index contributed by atoms with van der Waals surface area (Å²) >= 11 is 0. The molecular weight excluding hydrogens is 194 g/mol. The zero-order valence-corrected chi connectivity index (χ0v) is 10.5. The molecule has 1 fully saturated rings. The molecule has 0 bridgehead atoms. The summed E-state index contributed by atoms with van der Waals surface area (Å²) in [4.78, 5) is 0. The molecule has 88 valence electrons. The Kier molecular flexibility index (Phi) is 4.00. The largest absolute Gasteiger partial charge is 0.316 e. The molecule has 1 aromatic rings. The van der Waals surface area contributed by atoms with Gasteiger partial charge in [0.25, 0.3) is 0 Å². The summed E-state index contributed by atoms with van der Waals surface area (Å²) in [5.74, 6) is 1.58. The predicted molar refractivity (Wildman–Crippen MR) is 69.8 cm³/mol. The van der Waals surface area contributed by atoms with Crippen molar-refractivity contribution in [1.82, 2.24) is 5.32 Å². The molecule has 1 N–H and O–H groups in total. The fourth-order valence-electron chi connectivity index (χ4n) is 2.96. The van der Waals surface area contributed by atoms with E-state index in [1.807, 2.05) is 0 Å². The summed E-state index contributed by atoms with van der Waals surface area (Å²) < 4.78 is 0. The lowest BCUT2D eigenvalue weighted by atomic mass is 9.80. The van der Waals surface area contributed by atoms with E-state index in [4.69, 9.17) is 0 Å². The zero-order valence-electron chi connectivity index (χ0n) is 10.5. The van der Waals surface area contributed by atoms with Crippen molar-refractivity contribution in [3.8, 4) is 0 Å². The van der Waals surface area contributed by atoms with Crippen molar-refractivity contribution in [2.24, 2.45) is 5.92 Å². The fraction of sp³-hybridized carbons (Fsp3) is 0.600. The van der Waals surface area contributed by atoms with E-state index in [1.165, 1.54) is 43.5 Å². The van der Waals surface area contributed by atoms with Gasteiger partial charge in [-0.05, 0) is 56.7 Å². The van der Waals surface area contributed by atoms with Crippen LogP contribution in [0.2, 0.25) is 0 Å². The first-order valence-corrected chi connectivity index (χ1v) is 6.58. The number of rotatable bonds is 3. The third kappa shape index (κ3) is 2.65. The highest BCUT2D eigenvalue weighted by Crippen LogP contribution is 2.32. The first-order chi connectivity index (χ1) is 7.81. The normalized spacial score (nSPS) is 23.0. The molecule has 0 aromatic heterocycles. The van der Waals surface area contributed by atoms with Crippen molar-refractivity contribution < 1.29 is 0 Å². The molecule has 0 radical (unpaired) electrons. The molecule has 1 heteroatoms. The maximum atomic E-state index is 3.53. The van der Waals surface area contributed by atoms with Gasteiger partial charge in [-0.1, -0.05) is 36.8 Å². The standard InChI is InChI=1S/C15H23N/c1-3-15(14-8-5-9-16-11-14)13-7-4-6-12(2)10-13/h4,6-7,10,14-16H,3,5,8-9,11H2,1-2H3. The van der Waals surface area contributed by atoms with E-state index in [9.17, 15) is 0 Å². The van der Waals surface area contributed by atoms with Gasteiger partial charge in [-0.25, -0.2) is 0 Å². The van der Waals surface area contributed by atoms with E-state index in [1.54, 1.807) is 0 Å². The van der Waals surface area contributed by atoms with E-state index < -0.39 is 0 Å². The SMILES string of the molecule is CCC(c1cccc(C)c1)C1CCCNC1. The molecule has 0 aliphatic carbocycles. The third-order valence-electron chi connectivity index (χ3n) is 3.81. The number of piperidine rings is 1. The lowest BCUT2D eigenvalue weighted by Gasteiger charge is -2.30. The van der Waals surface area contributed by atoms with Gasteiger partial charge in [0.05, 0.1) is 0 Å². The van der Waals surface area contributed by atoms with Crippen molar-refractivity contribution >= 4 is 0 Å². The molecule has 2 atom stereocenters. The average molecular weight is 217 g/mol. The summed E-state index contributed by atoms with van der Waals surface area (Å²) in [6, 6.07) is 9.05. The number of benzene rings is 1. The van der Waals surface area contributed by atoms with Crippen LogP contribution in [0.4, 0.5) is 0 Å². The Labute approximate surface area is 99.3 Å². The molecule has 1 heterocycles. The van der Waals surface area contributed by atoms with Gasteiger partial charge in [0.15, 0.2) is 0 Å². The Hall–Kier alpha value is -0.820. The van der Waals surface area contributed by atoms with E-state index >= 15 is 0 Å². The Morgan fingerprint density at radius 3 is 2.94 bits per heavy atom. The highest BCUT2D eigenvalue weighted by Gasteiger charge is 2.23. The van der Waals surface area contributed by atoms with Gasteiger partial charge in [-0.15, -0.1) is 0 Å². The average Bonchev–Trinajstić information content (AvgIpc) is 2.31. The molecule has 2 unspecified atom stereocenters. The maximum Gasteiger partial charge on any atom is -0.00147 e. The van der Waals surface area contributed by atoms with Crippen LogP contribution in [0.3, 0.4) is 0 Å². The van der Waals surface area contributed by atoms with Crippen LogP contribution in [0, 0.1) is 12.8 Å². The number of hydrogen-bond donors (Lipinski definition) is 1. The number of hydrogen-bond acceptors (Lipinski definition) is 1. The van der Waals surface area contributed by atoms with Crippen LogP contribution in [0.15, 0.2) is 24.3 Å². The van der Waals surface area contributed by atoms with Crippen LogP contribution >= 0.6 is 0 Å². The van der Waals surface area contributed by atoms with Crippen LogP contribution < -0.4 is 5.32 Å². The molecule has 1 saturated heterocycles. The van der Waals surface area contributed by atoms with Gasteiger partial charge in [0.1, 0.15) is 0 Å². The van der Waals surface area contributed by atoms with Crippen LogP contribution in [0.25, 0.3) is 0 Å². The highest BCUT2D eigenvalue weighted by atomic mass is 14.9. The summed E-state index contributed by atoms with van der Waals surface area (Å²) in [6.07, 6.45) is 3.99. The minimum atomic E-state index is 0.743. The van der Waals surface area contributed by atoms with Crippen LogP contribution in [-0.2, 0) is 0 Å². The van der Waals surface area contributed by atoms with Crippen molar-refractivity contribution in [3.05, 3.63) is 35.4 Å². The van der Waals surface area contributed by atoms with Crippen LogP contribution in [-0.4, -0.2) is 13.1 Å². The van der Waals surface area contributed by atoms with Crippen molar-refractivity contribution in [2.45, 2.75) is 39.0 Å². The van der Waals surface area contributed by atoms with Crippen molar-refractivity contribution in [1.29, 1.82) is 0 Å². The first kappa shape index (κ1) is 11.7. The van der Waals surface area contributed by atoms with Crippen molar-refractivity contribution in [3.63, 3.8) is 0 Å². The topological polar surface area (TPSA) is 12.0 Å². The molecule has 0 spiro atoms. The fourth-order valence-corrected chi connectivity index (χ4v) is 2.96. The Balaban J connectivity index is 2.14. The summed E-state index contributed by atoms with van der Waals surface area (Å²) in [6.45, 7) is 6.92. The Bertz CT molecular complexity index is 326. The second-order valence-corrected chi connectivity index (χ2v) is 5.04. The highest BCUT2D eigenvalue weighted by molar-refractivity contribution is 5.26. The molecule has 16 heavy (non-hydrogen) atoms. The second kappa shape index (κ2) is 5.49. The molecule has 1 nitrogen and oxygen atoms in total. The molecule has 1 aliphatic heterocycles. The van der Waals surface area contributed by atoms with E-state index in [2.05, 4.69) is 43.4 Å². The second-order valence-electron chi connectivity index (χ2n) is 5.04. The van der Waals surface area contributed by atoms with Gasteiger partial charge in [0, 0.05) is 0 Å². The molecule has 0 saturated carbocycles. The molecule has 1 aliphatic rings. The molecule has 1 aromatic carbocycles. The maximum absolute atomic E-state index is 3.53. The number of nitrogens with one attached hydrogen (secondary N) is 1. The summed E-state index contributed by atoms with van der Waals surface area (Å²) in [5.41, 5.74) is 2.93. The van der Waals surface area contributed by atoms with Gasteiger partial charge in [-0.2, -0.15) is 0 Å². The summed E-state index contributed by atoms with van der Waals surface area (Å²) in [7, 11) is 0. The van der Waals surface area contributed by atoms with Gasteiger partial charge < -0.3 is 5.32 Å². The summed E-state index contributed by atoms with van der Waals surface area (Å²) in [5, 5.41) is 3.53. The smallest absolute Gasteiger partial charge is 0.00147 e. The lowest BCUT2D eigenvalue weighted by molar-refractivity contribution is 0.316. The predicted octanol–water partition coefficient (Wildman–Crippen LogP) is 3.49. The Morgan fingerprint density at radius 2 is 2.31 bits per heavy atom. The van der Waals surface area contributed by atoms with Gasteiger partial charge in [0.2, 0.25) is 0 Å². The molecular formula is C15H23N. The lowest BCUT2D eigenvalue weighted by Crippen LogP contribution is -2.33. The Morgan fingerprint density at radius 1 is 1.44 bits per heavy atom. The van der Waals surface area contributed by atoms with Crippen molar-refractivity contribution in [2.75, 3.05) is 13.1 Å². The first-order valence-electron chi connectivity index (χ1n) is 6.58. The number of aryl methyl sites for hydroxylation is 1. The van der Waals surface area contributed by atoms with Crippen LogP contribution in [0.1, 0.15) is 43.2 Å². The van der Waals surface area contributed by atoms with E-state index in [0.717, 1.165) is 11.8 Å². The molecule has 0 amide bonds. The van der Waals surface area contributed by atoms with E-state index in [-0.39, 0.29) is 0 Å². The zero-order chi connectivity index (χ0) is 11.4. The quantitative estimate of drug-likeness (QED) is 0.817. The molecule has 2 rings (SSSR count). The minimum Gasteiger partial charge on any atom is -0.316 e. The van der Waals surface area contributed by atoms with Gasteiger partial charge in [-0.3, -0.25) is 0 Å². The van der Waals surface area contributed by atoms with Crippen LogP contribution in [0.5, 0.6) is 0 Å². The third-order valence-corrected chi connectivity index (χ3v) is 3.81. The monoisotopic (exact) mass is 217 g/mol. The van der Waals surface area contributed by atoms with Gasteiger partial charge >= 0.3 is 0 Å². The van der Waals surface area contributed by atoms with E-state index in [0.29, 0.717) is 0 Å². The minimum absolute atomic E-state index is 0.743.